The standard InChI is InChI=1S/C6H8O.H3O3P/c1-3-4-5-6(2)7;1-4(2)3/h3,6-7H,1H2,2H3;1-3H. The molecule has 0 bridgehead atoms. The molecule has 1 atom stereocenters. The molecule has 0 aliphatic heterocycles. The summed E-state index contributed by atoms with van der Waals surface area (Å²) in [6.07, 6.45) is 0.921. The smallest absolute Gasteiger partial charge is 0.324 e. The summed E-state index contributed by atoms with van der Waals surface area (Å²) in [6, 6.07) is 0. The van der Waals surface area contributed by atoms with E-state index in [4.69, 9.17) is 19.8 Å². The molecule has 0 aliphatic rings. The van der Waals surface area contributed by atoms with E-state index in [0.717, 1.165) is 0 Å². The van der Waals surface area contributed by atoms with E-state index in [0.29, 0.717) is 0 Å². The Labute approximate surface area is 66.8 Å². The van der Waals surface area contributed by atoms with Crippen molar-refractivity contribution in [2.75, 3.05) is 0 Å². The zero-order valence-corrected chi connectivity index (χ0v) is 6.99. The number of aliphatic hydroxyl groups excluding tert-OH is 1. The van der Waals surface area contributed by atoms with Gasteiger partial charge in [0, 0.05) is 0 Å². The molecule has 0 aromatic heterocycles. The van der Waals surface area contributed by atoms with E-state index < -0.39 is 14.7 Å². The molecule has 11 heavy (non-hydrogen) atoms. The minimum atomic E-state index is -2.62. The highest BCUT2D eigenvalue weighted by molar-refractivity contribution is 7.38. The van der Waals surface area contributed by atoms with Crippen molar-refractivity contribution in [2.45, 2.75) is 13.0 Å². The highest BCUT2D eigenvalue weighted by atomic mass is 31.2. The third kappa shape index (κ3) is 43.0. The SMILES string of the molecule is C=CC#CC(C)O.OP(O)O. The Morgan fingerprint density at radius 2 is 1.82 bits per heavy atom. The maximum absolute atomic E-state index is 8.46. The van der Waals surface area contributed by atoms with Crippen LogP contribution in [0.5, 0.6) is 0 Å². The monoisotopic (exact) mass is 178 g/mol. The normalized spacial score (nSPS) is 10.4. The summed E-state index contributed by atoms with van der Waals surface area (Å²) in [4.78, 5) is 21.7. The molecule has 0 radical (unpaired) electrons. The Kier molecular flexibility index (Phi) is 11.5. The van der Waals surface area contributed by atoms with Gasteiger partial charge in [-0.15, -0.1) is 0 Å². The van der Waals surface area contributed by atoms with E-state index in [-0.39, 0.29) is 0 Å². The molecule has 5 heteroatoms. The first-order valence-electron chi connectivity index (χ1n) is 2.67. The molecule has 0 spiro atoms. The van der Waals surface area contributed by atoms with Crippen LogP contribution in [0.4, 0.5) is 0 Å². The first-order valence-corrected chi connectivity index (χ1v) is 3.87. The van der Waals surface area contributed by atoms with Gasteiger partial charge in [0.15, 0.2) is 0 Å². The van der Waals surface area contributed by atoms with Gasteiger partial charge in [0.1, 0.15) is 6.10 Å². The maximum atomic E-state index is 8.46. The zero-order chi connectivity index (χ0) is 9.28. The molecule has 0 amide bonds. The average molecular weight is 178 g/mol. The van der Waals surface area contributed by atoms with Gasteiger partial charge < -0.3 is 19.8 Å². The fourth-order valence-electron chi connectivity index (χ4n) is 0.180. The van der Waals surface area contributed by atoms with Crippen LogP contribution in [0.25, 0.3) is 0 Å². The topological polar surface area (TPSA) is 80.9 Å². The Bertz CT molecular complexity index is 142. The van der Waals surface area contributed by atoms with Gasteiger partial charge in [-0.05, 0) is 13.0 Å². The Balaban J connectivity index is 0. The van der Waals surface area contributed by atoms with Gasteiger partial charge in [0.25, 0.3) is 0 Å². The second-order valence-electron chi connectivity index (χ2n) is 1.44. The van der Waals surface area contributed by atoms with E-state index in [1.54, 1.807) is 6.92 Å². The molecule has 4 N–H and O–H groups in total. The summed E-state index contributed by atoms with van der Waals surface area (Å²) >= 11 is 0. The Morgan fingerprint density at radius 3 is 1.91 bits per heavy atom. The van der Waals surface area contributed by atoms with E-state index >= 15 is 0 Å². The van der Waals surface area contributed by atoms with Crippen molar-refractivity contribution in [3.8, 4) is 11.8 Å². The van der Waals surface area contributed by atoms with E-state index in [1.165, 1.54) is 6.08 Å². The van der Waals surface area contributed by atoms with E-state index in [2.05, 4.69) is 18.4 Å². The molecular formula is C6H11O4P. The van der Waals surface area contributed by atoms with Gasteiger partial charge in [0.05, 0.1) is 0 Å². The lowest BCUT2D eigenvalue weighted by Crippen LogP contribution is -1.91. The van der Waals surface area contributed by atoms with Gasteiger partial charge in [0.2, 0.25) is 0 Å². The van der Waals surface area contributed by atoms with E-state index in [1.807, 2.05) is 0 Å². The molecule has 0 aromatic rings. The number of allylic oxidation sites excluding steroid dienone is 1. The van der Waals surface area contributed by atoms with Gasteiger partial charge >= 0.3 is 8.60 Å². The lowest BCUT2D eigenvalue weighted by Gasteiger charge is -1.82. The van der Waals surface area contributed by atoms with Gasteiger partial charge in [-0.1, -0.05) is 18.4 Å². The second-order valence-corrected chi connectivity index (χ2v) is 1.97. The van der Waals surface area contributed by atoms with Crippen molar-refractivity contribution < 1.29 is 19.8 Å². The highest BCUT2D eigenvalue weighted by Gasteiger charge is 1.78. The number of hydrogen-bond donors (Lipinski definition) is 4. The summed E-state index contributed by atoms with van der Waals surface area (Å²) in [6.45, 7) is 4.96. The predicted molar refractivity (Wildman–Crippen MR) is 43.2 cm³/mol. The molecule has 0 saturated carbocycles. The summed E-state index contributed by atoms with van der Waals surface area (Å²) < 4.78 is 0. The summed E-state index contributed by atoms with van der Waals surface area (Å²) in [5.74, 6) is 4.99. The molecule has 0 aliphatic carbocycles. The van der Waals surface area contributed by atoms with Crippen molar-refractivity contribution in [1.29, 1.82) is 0 Å². The van der Waals surface area contributed by atoms with Crippen LogP contribution in [0.1, 0.15) is 6.92 Å². The van der Waals surface area contributed by atoms with Crippen LogP contribution in [0.2, 0.25) is 0 Å². The summed E-state index contributed by atoms with van der Waals surface area (Å²) in [7, 11) is -2.62. The summed E-state index contributed by atoms with van der Waals surface area (Å²) in [5.41, 5.74) is 0. The Morgan fingerprint density at radius 1 is 1.45 bits per heavy atom. The van der Waals surface area contributed by atoms with Crippen molar-refractivity contribution in [3.05, 3.63) is 12.7 Å². The maximum Gasteiger partial charge on any atom is 0.324 e. The fourth-order valence-corrected chi connectivity index (χ4v) is 0.180. The fraction of sp³-hybridized carbons (Fsp3) is 0.333. The van der Waals surface area contributed by atoms with Crippen LogP contribution in [-0.2, 0) is 0 Å². The van der Waals surface area contributed by atoms with Gasteiger partial charge in [-0.25, -0.2) is 0 Å². The van der Waals surface area contributed by atoms with Gasteiger partial charge in [-0.3, -0.25) is 0 Å². The van der Waals surface area contributed by atoms with Crippen LogP contribution in [-0.4, -0.2) is 25.9 Å². The lowest BCUT2D eigenvalue weighted by molar-refractivity contribution is 0.253. The molecule has 0 aromatic carbocycles. The quantitative estimate of drug-likeness (QED) is 0.304. The predicted octanol–water partition coefficient (Wildman–Crippen LogP) is -0.253. The second kappa shape index (κ2) is 9.57. The minimum Gasteiger partial charge on any atom is -0.381 e. The molecule has 4 nitrogen and oxygen atoms in total. The molecule has 0 saturated heterocycles. The minimum absolute atomic E-state index is 0.530. The third-order valence-corrected chi connectivity index (χ3v) is 0.394. The van der Waals surface area contributed by atoms with Crippen molar-refractivity contribution in [1.82, 2.24) is 0 Å². The van der Waals surface area contributed by atoms with Crippen LogP contribution in [0.3, 0.4) is 0 Å². The van der Waals surface area contributed by atoms with E-state index in [9.17, 15) is 0 Å². The molecule has 64 valence electrons. The first-order chi connectivity index (χ1) is 5.00. The van der Waals surface area contributed by atoms with Gasteiger partial charge in [-0.2, -0.15) is 0 Å². The highest BCUT2D eigenvalue weighted by Crippen LogP contribution is 2.11. The van der Waals surface area contributed by atoms with Crippen molar-refractivity contribution >= 4 is 8.60 Å². The number of rotatable bonds is 0. The number of hydrogen-bond acceptors (Lipinski definition) is 4. The third-order valence-electron chi connectivity index (χ3n) is 0.394. The average Bonchev–Trinajstić information content (AvgIpc) is 1.82. The van der Waals surface area contributed by atoms with Crippen LogP contribution in [0, 0.1) is 11.8 Å². The molecule has 0 rings (SSSR count). The zero-order valence-electron chi connectivity index (χ0n) is 6.10. The first kappa shape index (κ1) is 13.2. The molecule has 0 heterocycles. The Hall–Kier alpha value is -0.430. The van der Waals surface area contributed by atoms with Crippen LogP contribution in [0.15, 0.2) is 12.7 Å². The molecule has 0 fully saturated rings. The van der Waals surface area contributed by atoms with Crippen LogP contribution < -0.4 is 0 Å². The lowest BCUT2D eigenvalue weighted by atomic mass is 10.4. The summed E-state index contributed by atoms with van der Waals surface area (Å²) in [5, 5.41) is 8.46. The van der Waals surface area contributed by atoms with Crippen LogP contribution >= 0.6 is 8.60 Å². The van der Waals surface area contributed by atoms with Crippen molar-refractivity contribution in [3.63, 3.8) is 0 Å². The largest absolute Gasteiger partial charge is 0.381 e. The van der Waals surface area contributed by atoms with Crippen molar-refractivity contribution in [2.24, 2.45) is 0 Å². The molecule has 1 unspecified atom stereocenters. The molecular weight excluding hydrogens is 167 g/mol. The number of aliphatic hydroxyl groups is 1.